The fourth-order valence-corrected chi connectivity index (χ4v) is 6.10. The number of amides is 1. The predicted octanol–water partition coefficient (Wildman–Crippen LogP) is 5.28. The van der Waals surface area contributed by atoms with E-state index >= 15 is 0 Å². The molecule has 38 heavy (non-hydrogen) atoms. The zero-order valence-electron chi connectivity index (χ0n) is 21.2. The third kappa shape index (κ3) is 4.50. The molecule has 0 bridgehead atoms. The minimum atomic E-state index is -4.80. The number of ether oxygens (including phenoxy) is 1. The lowest BCUT2D eigenvalue weighted by atomic mass is 9.75. The maximum atomic E-state index is 13.6. The number of hydrogen-bond acceptors (Lipinski definition) is 6. The number of halogens is 3. The summed E-state index contributed by atoms with van der Waals surface area (Å²) in [5.41, 5.74) is -2.33. The third-order valence-corrected chi connectivity index (χ3v) is 8.27. The lowest BCUT2D eigenvalue weighted by Crippen LogP contribution is -2.55. The van der Waals surface area contributed by atoms with Crippen molar-refractivity contribution in [2.45, 2.75) is 68.8 Å². The molecule has 0 unspecified atom stereocenters. The highest BCUT2D eigenvalue weighted by Gasteiger charge is 2.59. The SMILES string of the molecule is CN(C)C1CCC(Oc2ccc(N3C(=S)N(c4cnc(C#N)c(C(F)(F)F)c4)C(=O)C34CCC4)cc2)CC1. The number of alkyl halides is 3. The van der Waals surface area contributed by atoms with Crippen molar-refractivity contribution in [3.8, 4) is 11.8 Å². The van der Waals surface area contributed by atoms with E-state index in [0.29, 0.717) is 24.6 Å². The Labute approximate surface area is 224 Å². The minimum Gasteiger partial charge on any atom is -0.490 e. The minimum absolute atomic E-state index is 0.0880. The quantitative estimate of drug-likeness (QED) is 0.475. The van der Waals surface area contributed by atoms with Gasteiger partial charge in [0.15, 0.2) is 10.8 Å². The van der Waals surface area contributed by atoms with Crippen LogP contribution < -0.4 is 14.5 Å². The highest BCUT2D eigenvalue weighted by Crippen LogP contribution is 2.48. The zero-order valence-corrected chi connectivity index (χ0v) is 22.0. The number of pyridine rings is 1. The summed E-state index contributed by atoms with van der Waals surface area (Å²) < 4.78 is 46.9. The topological polar surface area (TPSA) is 72.7 Å². The summed E-state index contributed by atoms with van der Waals surface area (Å²) in [6.45, 7) is 0. The van der Waals surface area contributed by atoms with Gasteiger partial charge in [0.25, 0.3) is 5.91 Å². The van der Waals surface area contributed by atoms with Gasteiger partial charge in [-0.1, -0.05) is 0 Å². The van der Waals surface area contributed by atoms with E-state index in [9.17, 15) is 18.0 Å². The first kappa shape index (κ1) is 26.4. The van der Waals surface area contributed by atoms with E-state index < -0.39 is 23.0 Å². The Hall–Kier alpha value is -3.23. The third-order valence-electron chi connectivity index (χ3n) is 7.91. The van der Waals surface area contributed by atoms with Gasteiger partial charge in [0.05, 0.1) is 23.6 Å². The number of carbonyl (C=O) groups is 1. The number of nitriles is 1. The molecule has 1 spiro atoms. The molecule has 2 aliphatic carbocycles. The molecule has 2 saturated carbocycles. The van der Waals surface area contributed by atoms with Gasteiger partial charge < -0.3 is 14.5 Å². The average molecular weight is 544 g/mol. The van der Waals surface area contributed by atoms with Gasteiger partial charge in [-0.05, 0) is 102 Å². The zero-order chi connectivity index (χ0) is 27.2. The number of anilines is 2. The summed E-state index contributed by atoms with van der Waals surface area (Å²) >= 11 is 5.67. The van der Waals surface area contributed by atoms with Gasteiger partial charge in [0.2, 0.25) is 0 Å². The molecule has 5 rings (SSSR count). The standard InChI is InChI=1S/C27H28F3N5O2S/c1-33(2)17-4-8-20(9-5-17)37-21-10-6-18(7-11-21)35-25(38)34(24(36)26(35)12-3-13-26)19-14-22(27(28,29)30)23(15-31)32-16-19/h6-7,10-11,14,16-17,20H,3-5,8-9,12-13H2,1-2H3. The van der Waals surface area contributed by atoms with Crippen molar-refractivity contribution in [3.63, 3.8) is 0 Å². The summed E-state index contributed by atoms with van der Waals surface area (Å²) in [5.74, 6) is 0.343. The second kappa shape index (κ2) is 9.82. The monoisotopic (exact) mass is 543 g/mol. The van der Waals surface area contributed by atoms with E-state index in [1.807, 2.05) is 24.3 Å². The van der Waals surface area contributed by atoms with Crippen molar-refractivity contribution in [2.75, 3.05) is 23.9 Å². The molecule has 7 nitrogen and oxygen atoms in total. The van der Waals surface area contributed by atoms with E-state index in [1.54, 1.807) is 4.90 Å². The van der Waals surface area contributed by atoms with Crippen LogP contribution in [0.4, 0.5) is 24.5 Å². The first-order valence-electron chi connectivity index (χ1n) is 12.6. The number of rotatable bonds is 5. The van der Waals surface area contributed by atoms with Crippen LogP contribution in [0.25, 0.3) is 0 Å². The second-order valence-corrected chi connectivity index (χ2v) is 10.7. The Morgan fingerprint density at radius 3 is 2.32 bits per heavy atom. The smallest absolute Gasteiger partial charge is 0.419 e. The molecular weight excluding hydrogens is 515 g/mol. The maximum Gasteiger partial charge on any atom is 0.419 e. The van der Waals surface area contributed by atoms with Crippen LogP contribution in [-0.4, -0.2) is 52.7 Å². The molecule has 3 fully saturated rings. The molecule has 0 N–H and O–H groups in total. The van der Waals surface area contributed by atoms with Crippen molar-refractivity contribution in [3.05, 3.63) is 47.8 Å². The van der Waals surface area contributed by atoms with Gasteiger partial charge in [-0.15, -0.1) is 0 Å². The molecule has 3 aliphatic rings. The summed E-state index contributed by atoms with van der Waals surface area (Å²) in [4.78, 5) is 22.4. The number of thiocarbonyl (C=S) groups is 1. The molecule has 0 radical (unpaired) electrons. The van der Waals surface area contributed by atoms with Crippen molar-refractivity contribution in [1.29, 1.82) is 5.26 Å². The molecule has 1 aromatic carbocycles. The van der Waals surface area contributed by atoms with Gasteiger partial charge in [0.1, 0.15) is 17.4 Å². The lowest BCUT2D eigenvalue weighted by Gasteiger charge is -2.43. The first-order chi connectivity index (χ1) is 18.0. The molecule has 1 aromatic heterocycles. The van der Waals surface area contributed by atoms with Crippen LogP contribution in [0.5, 0.6) is 5.75 Å². The van der Waals surface area contributed by atoms with Gasteiger partial charge in [-0.2, -0.15) is 18.4 Å². The summed E-state index contributed by atoms with van der Waals surface area (Å²) in [6.07, 6.45) is 2.43. The normalized spacial score (nSPS) is 23.1. The van der Waals surface area contributed by atoms with Crippen molar-refractivity contribution in [2.24, 2.45) is 0 Å². The van der Waals surface area contributed by atoms with Crippen molar-refractivity contribution >= 4 is 34.6 Å². The fraction of sp³-hybridized carbons (Fsp3) is 0.481. The van der Waals surface area contributed by atoms with Crippen LogP contribution in [0.2, 0.25) is 0 Å². The van der Waals surface area contributed by atoms with E-state index in [1.165, 1.54) is 6.07 Å². The summed E-state index contributed by atoms with van der Waals surface area (Å²) in [7, 11) is 4.20. The molecular formula is C27H28F3N5O2S. The maximum absolute atomic E-state index is 13.6. The average Bonchev–Trinajstić information content (AvgIpc) is 3.10. The number of nitrogens with zero attached hydrogens (tertiary/aromatic N) is 5. The number of benzene rings is 1. The van der Waals surface area contributed by atoms with Crippen molar-refractivity contribution in [1.82, 2.24) is 9.88 Å². The molecule has 2 aromatic rings. The number of hydrogen-bond donors (Lipinski definition) is 0. The second-order valence-electron chi connectivity index (χ2n) is 10.3. The fourth-order valence-electron chi connectivity index (χ4n) is 5.64. The molecule has 200 valence electrons. The van der Waals surface area contributed by atoms with Gasteiger partial charge in [-0.3, -0.25) is 9.69 Å². The van der Waals surface area contributed by atoms with Crippen molar-refractivity contribution < 1.29 is 22.7 Å². The predicted molar refractivity (Wildman–Crippen MR) is 140 cm³/mol. The molecule has 0 atom stereocenters. The van der Waals surface area contributed by atoms with Gasteiger partial charge >= 0.3 is 6.18 Å². The lowest BCUT2D eigenvalue weighted by molar-refractivity contribution is -0.138. The van der Waals surface area contributed by atoms with Gasteiger partial charge in [-0.25, -0.2) is 4.98 Å². The molecule has 1 aliphatic heterocycles. The number of aromatic nitrogens is 1. The Morgan fingerprint density at radius 2 is 1.79 bits per heavy atom. The molecule has 11 heteroatoms. The van der Waals surface area contributed by atoms with E-state index in [0.717, 1.165) is 55.0 Å². The van der Waals surface area contributed by atoms with Crippen LogP contribution in [0.1, 0.15) is 56.2 Å². The van der Waals surface area contributed by atoms with Gasteiger partial charge in [0, 0.05) is 11.7 Å². The summed E-state index contributed by atoms with van der Waals surface area (Å²) in [6, 6.07) is 10.2. The summed E-state index contributed by atoms with van der Waals surface area (Å²) in [5, 5.41) is 9.17. The van der Waals surface area contributed by atoms with E-state index in [-0.39, 0.29) is 22.8 Å². The Kier molecular flexibility index (Phi) is 6.82. The molecule has 1 saturated heterocycles. The van der Waals surface area contributed by atoms with Crippen LogP contribution >= 0.6 is 12.2 Å². The molecule has 2 heterocycles. The Bertz CT molecular complexity index is 1280. The highest BCUT2D eigenvalue weighted by atomic mass is 32.1. The molecule has 1 amide bonds. The highest BCUT2D eigenvalue weighted by molar-refractivity contribution is 7.81. The van der Waals surface area contributed by atoms with E-state index in [4.69, 9.17) is 22.2 Å². The van der Waals surface area contributed by atoms with Crippen LogP contribution in [0, 0.1) is 11.3 Å². The largest absolute Gasteiger partial charge is 0.490 e. The Morgan fingerprint density at radius 1 is 1.13 bits per heavy atom. The first-order valence-corrected chi connectivity index (χ1v) is 13.1. The van der Waals surface area contributed by atoms with Crippen LogP contribution in [-0.2, 0) is 11.0 Å². The van der Waals surface area contributed by atoms with E-state index in [2.05, 4.69) is 24.0 Å². The number of carbonyl (C=O) groups excluding carboxylic acids is 1. The van der Waals surface area contributed by atoms with Crippen LogP contribution in [0.3, 0.4) is 0 Å². The Balaban J connectivity index is 1.39. The van der Waals surface area contributed by atoms with Crippen LogP contribution in [0.15, 0.2) is 36.5 Å².